The average Bonchev–Trinajstić information content (AvgIpc) is 2.46. The van der Waals surface area contributed by atoms with Crippen LogP contribution in [0, 0.1) is 0 Å². The SMILES string of the molecule is CC[C@H](C)NC(=O)C[NH+](C)CC(=O)Nc1cccc(OC)c1. The van der Waals surface area contributed by atoms with Gasteiger partial charge < -0.3 is 20.3 Å². The Morgan fingerprint density at radius 1 is 1.27 bits per heavy atom. The van der Waals surface area contributed by atoms with Crippen molar-refractivity contribution in [3.05, 3.63) is 24.3 Å². The van der Waals surface area contributed by atoms with Crippen LogP contribution in [0.3, 0.4) is 0 Å². The third-order valence-electron chi connectivity index (χ3n) is 3.30. The molecule has 0 radical (unpaired) electrons. The van der Waals surface area contributed by atoms with Crippen LogP contribution in [0.5, 0.6) is 5.75 Å². The van der Waals surface area contributed by atoms with Crippen LogP contribution in [0.25, 0.3) is 0 Å². The first kappa shape index (κ1) is 18.0. The summed E-state index contributed by atoms with van der Waals surface area (Å²) in [7, 11) is 3.40. The molecule has 0 aliphatic carbocycles. The number of methoxy groups -OCH3 is 1. The molecule has 0 fully saturated rings. The summed E-state index contributed by atoms with van der Waals surface area (Å²) in [6.45, 7) is 4.48. The third kappa shape index (κ3) is 6.58. The van der Waals surface area contributed by atoms with Crippen molar-refractivity contribution >= 4 is 17.5 Å². The first-order valence-corrected chi connectivity index (χ1v) is 7.49. The fourth-order valence-corrected chi connectivity index (χ4v) is 1.94. The van der Waals surface area contributed by atoms with Crippen LogP contribution in [0.4, 0.5) is 5.69 Å². The van der Waals surface area contributed by atoms with Crippen molar-refractivity contribution in [2.75, 3.05) is 32.6 Å². The Morgan fingerprint density at radius 2 is 1.95 bits per heavy atom. The predicted molar refractivity (Wildman–Crippen MR) is 86.1 cm³/mol. The molecule has 1 rings (SSSR count). The number of carbonyl (C=O) groups excluding carboxylic acids is 2. The normalized spacial score (nSPS) is 13.1. The molecule has 6 heteroatoms. The fourth-order valence-electron chi connectivity index (χ4n) is 1.94. The van der Waals surface area contributed by atoms with Gasteiger partial charge >= 0.3 is 0 Å². The summed E-state index contributed by atoms with van der Waals surface area (Å²) >= 11 is 0. The largest absolute Gasteiger partial charge is 0.497 e. The van der Waals surface area contributed by atoms with Crippen LogP contribution in [0.2, 0.25) is 0 Å². The lowest BCUT2D eigenvalue weighted by atomic mass is 10.2. The summed E-state index contributed by atoms with van der Waals surface area (Å²) in [5.41, 5.74) is 0.682. The topological polar surface area (TPSA) is 71.9 Å². The Morgan fingerprint density at radius 3 is 2.59 bits per heavy atom. The van der Waals surface area contributed by atoms with Crippen LogP contribution < -0.4 is 20.3 Å². The first-order chi connectivity index (χ1) is 10.4. The Balaban J connectivity index is 2.42. The molecule has 2 atom stereocenters. The van der Waals surface area contributed by atoms with E-state index in [0.29, 0.717) is 11.4 Å². The summed E-state index contributed by atoms with van der Waals surface area (Å²) < 4.78 is 5.11. The van der Waals surface area contributed by atoms with Crippen molar-refractivity contribution < 1.29 is 19.2 Å². The van der Waals surface area contributed by atoms with Gasteiger partial charge in [-0.3, -0.25) is 9.59 Å². The van der Waals surface area contributed by atoms with Gasteiger partial charge in [-0.2, -0.15) is 0 Å². The van der Waals surface area contributed by atoms with Crippen molar-refractivity contribution in [1.82, 2.24) is 5.32 Å². The van der Waals surface area contributed by atoms with Gasteiger partial charge in [0, 0.05) is 17.8 Å². The van der Waals surface area contributed by atoms with E-state index in [2.05, 4.69) is 10.6 Å². The van der Waals surface area contributed by atoms with Crippen molar-refractivity contribution in [3.63, 3.8) is 0 Å². The van der Waals surface area contributed by atoms with Gasteiger partial charge in [-0.05, 0) is 25.5 Å². The summed E-state index contributed by atoms with van der Waals surface area (Å²) in [5, 5.41) is 5.69. The Labute approximate surface area is 131 Å². The van der Waals surface area contributed by atoms with Crippen molar-refractivity contribution in [2.45, 2.75) is 26.3 Å². The molecule has 0 aromatic heterocycles. The van der Waals surface area contributed by atoms with E-state index < -0.39 is 0 Å². The molecule has 0 spiro atoms. The number of rotatable bonds is 8. The van der Waals surface area contributed by atoms with E-state index in [1.165, 1.54) is 0 Å². The highest BCUT2D eigenvalue weighted by molar-refractivity contribution is 5.91. The summed E-state index contributed by atoms with van der Waals surface area (Å²) in [5.74, 6) is 0.509. The molecule has 0 aliphatic rings. The van der Waals surface area contributed by atoms with Crippen LogP contribution in [0.1, 0.15) is 20.3 Å². The maximum atomic E-state index is 12.0. The first-order valence-electron chi connectivity index (χ1n) is 7.49. The molecule has 2 amide bonds. The van der Waals surface area contributed by atoms with Crippen LogP contribution in [0.15, 0.2) is 24.3 Å². The number of anilines is 1. The lowest BCUT2D eigenvalue weighted by Gasteiger charge is -2.16. The molecule has 6 nitrogen and oxygen atoms in total. The second-order valence-corrected chi connectivity index (χ2v) is 5.47. The monoisotopic (exact) mass is 308 g/mol. The second-order valence-electron chi connectivity index (χ2n) is 5.47. The second kappa shape index (κ2) is 9.04. The van der Waals surface area contributed by atoms with Crippen molar-refractivity contribution in [1.29, 1.82) is 0 Å². The number of ether oxygens (including phenoxy) is 1. The highest BCUT2D eigenvalue weighted by Crippen LogP contribution is 2.16. The standard InChI is InChI=1S/C16H25N3O3/c1-5-12(2)17-15(20)10-19(3)11-16(21)18-13-7-6-8-14(9-13)22-4/h6-9,12H,5,10-11H2,1-4H3,(H,17,20)(H,18,21)/p+1/t12-/m0/s1. The summed E-state index contributed by atoms with van der Waals surface area (Å²) in [4.78, 5) is 24.6. The van der Waals surface area contributed by atoms with E-state index in [4.69, 9.17) is 4.74 Å². The number of hydrogen-bond donors (Lipinski definition) is 3. The highest BCUT2D eigenvalue weighted by atomic mass is 16.5. The van der Waals surface area contributed by atoms with Gasteiger partial charge in [0.25, 0.3) is 11.8 Å². The summed E-state index contributed by atoms with van der Waals surface area (Å²) in [6.07, 6.45) is 0.890. The van der Waals surface area contributed by atoms with E-state index in [1.54, 1.807) is 19.2 Å². The molecule has 122 valence electrons. The molecule has 0 bridgehead atoms. The van der Waals surface area contributed by atoms with Gasteiger partial charge in [0.05, 0.1) is 14.2 Å². The zero-order valence-corrected chi connectivity index (χ0v) is 13.7. The number of hydrogen-bond acceptors (Lipinski definition) is 3. The summed E-state index contributed by atoms with van der Waals surface area (Å²) in [6, 6.07) is 7.33. The van der Waals surface area contributed by atoms with Crippen LogP contribution in [-0.4, -0.2) is 45.1 Å². The van der Waals surface area contributed by atoms with Gasteiger partial charge in [-0.25, -0.2) is 0 Å². The van der Waals surface area contributed by atoms with Gasteiger partial charge in [0.15, 0.2) is 13.1 Å². The number of quaternary nitrogens is 1. The van der Waals surface area contributed by atoms with Crippen LogP contribution >= 0.6 is 0 Å². The Hall–Kier alpha value is -2.08. The molecule has 0 aliphatic heterocycles. The minimum Gasteiger partial charge on any atom is -0.497 e. The maximum Gasteiger partial charge on any atom is 0.279 e. The number of benzene rings is 1. The highest BCUT2D eigenvalue weighted by Gasteiger charge is 2.15. The van der Waals surface area contributed by atoms with Gasteiger partial charge in [0.2, 0.25) is 0 Å². The zero-order chi connectivity index (χ0) is 16.5. The maximum absolute atomic E-state index is 12.0. The van der Waals surface area contributed by atoms with E-state index in [0.717, 1.165) is 11.3 Å². The van der Waals surface area contributed by atoms with Crippen LogP contribution in [-0.2, 0) is 9.59 Å². The third-order valence-corrected chi connectivity index (χ3v) is 3.30. The predicted octanol–water partition coefficient (Wildman–Crippen LogP) is 0.0631. The quantitative estimate of drug-likeness (QED) is 0.636. The minimum atomic E-state index is -0.137. The molecule has 1 aromatic rings. The molecule has 0 saturated carbocycles. The van der Waals surface area contributed by atoms with E-state index in [-0.39, 0.29) is 30.9 Å². The Bertz CT molecular complexity index is 505. The average molecular weight is 308 g/mol. The zero-order valence-electron chi connectivity index (χ0n) is 13.7. The fraction of sp³-hybridized carbons (Fsp3) is 0.500. The van der Waals surface area contributed by atoms with Gasteiger partial charge in [-0.15, -0.1) is 0 Å². The molecule has 0 heterocycles. The van der Waals surface area contributed by atoms with Gasteiger partial charge in [0.1, 0.15) is 5.75 Å². The van der Waals surface area contributed by atoms with Crippen molar-refractivity contribution in [2.24, 2.45) is 0 Å². The minimum absolute atomic E-state index is 0.0407. The van der Waals surface area contributed by atoms with E-state index in [9.17, 15) is 9.59 Å². The molecule has 0 saturated heterocycles. The number of nitrogens with one attached hydrogen (secondary N) is 3. The molecule has 1 unspecified atom stereocenters. The van der Waals surface area contributed by atoms with E-state index >= 15 is 0 Å². The number of carbonyl (C=O) groups is 2. The molecule has 22 heavy (non-hydrogen) atoms. The van der Waals surface area contributed by atoms with Crippen molar-refractivity contribution in [3.8, 4) is 5.75 Å². The smallest absolute Gasteiger partial charge is 0.279 e. The molecular weight excluding hydrogens is 282 g/mol. The van der Waals surface area contributed by atoms with E-state index in [1.807, 2.05) is 33.0 Å². The van der Waals surface area contributed by atoms with Gasteiger partial charge in [-0.1, -0.05) is 13.0 Å². The number of amides is 2. The Kier molecular flexibility index (Phi) is 7.39. The lowest BCUT2D eigenvalue weighted by molar-refractivity contribution is -0.862. The lowest BCUT2D eigenvalue weighted by Crippen LogP contribution is -3.11. The molecule has 3 N–H and O–H groups in total. The number of likely N-dealkylation sites (N-methyl/N-ethyl adjacent to an activating group) is 1. The molecule has 1 aromatic carbocycles. The molecular formula is C16H26N3O3+.